The maximum absolute atomic E-state index is 14.0. The van der Waals surface area contributed by atoms with Crippen molar-refractivity contribution in [1.29, 1.82) is 0 Å². The zero-order chi connectivity index (χ0) is 31.1. The molecule has 0 N–H and O–H groups in total. The predicted octanol–water partition coefficient (Wildman–Crippen LogP) is 10.2. The van der Waals surface area contributed by atoms with E-state index in [0.29, 0.717) is 10.5 Å². The summed E-state index contributed by atoms with van der Waals surface area (Å²) in [5.41, 5.74) is 0.0679. The third-order valence-corrected chi connectivity index (χ3v) is 5.69. The Hall–Kier alpha value is -1.82. The summed E-state index contributed by atoms with van der Waals surface area (Å²) in [7, 11) is 0. The molecule has 19 heteroatoms. The molecule has 0 aliphatic carbocycles. The van der Waals surface area contributed by atoms with E-state index in [1.165, 1.54) is 24.3 Å². The minimum atomic E-state index is -7.50. The van der Waals surface area contributed by atoms with Gasteiger partial charge in [0, 0.05) is 17.3 Å². The summed E-state index contributed by atoms with van der Waals surface area (Å²) in [6.45, 7) is 0. The topological polar surface area (TPSA) is 0 Å². The average molecular weight is 675 g/mol. The standard InChI is InChI=1S/C20H13BrF18/c21-12-6-4-10(5-7-12)2-1-3-11(8-13(22,23)15(26,27)17(30,31)19(34,35)36)9-14(24,25)16(28,29)18(32,33)20(37,38)39/h1-2,4-7,11H,3,8-9H2. The molecule has 1 aromatic carbocycles. The second kappa shape index (κ2) is 10.9. The van der Waals surface area contributed by atoms with E-state index in [-0.39, 0.29) is 5.56 Å². The van der Waals surface area contributed by atoms with Crippen LogP contribution in [-0.4, -0.2) is 47.9 Å². The third kappa shape index (κ3) is 6.92. The molecule has 0 unspecified atom stereocenters. The minimum Gasteiger partial charge on any atom is -0.200 e. The molecule has 0 heterocycles. The molecule has 0 fully saturated rings. The highest BCUT2D eigenvalue weighted by Crippen LogP contribution is 2.58. The van der Waals surface area contributed by atoms with Crippen LogP contribution < -0.4 is 0 Å². The monoisotopic (exact) mass is 674 g/mol. The Bertz CT molecular complexity index is 935. The lowest BCUT2D eigenvalue weighted by Gasteiger charge is -2.37. The van der Waals surface area contributed by atoms with E-state index in [1.54, 1.807) is 0 Å². The molecule has 0 saturated carbocycles. The van der Waals surface area contributed by atoms with E-state index in [2.05, 4.69) is 15.9 Å². The first-order valence-corrected chi connectivity index (χ1v) is 10.7. The first kappa shape index (κ1) is 35.2. The van der Waals surface area contributed by atoms with Crippen LogP contribution >= 0.6 is 15.9 Å². The summed E-state index contributed by atoms with van der Waals surface area (Å²) in [4.78, 5) is 0. The van der Waals surface area contributed by atoms with Crippen molar-refractivity contribution in [2.24, 2.45) is 5.92 Å². The van der Waals surface area contributed by atoms with Crippen molar-refractivity contribution in [2.75, 3.05) is 0 Å². The molecule has 0 radical (unpaired) electrons. The number of rotatable bonds is 11. The quantitative estimate of drug-likeness (QED) is 0.205. The van der Waals surface area contributed by atoms with Crippen molar-refractivity contribution in [3.63, 3.8) is 0 Å². The molecule has 0 atom stereocenters. The maximum atomic E-state index is 14.0. The molecule has 226 valence electrons. The molecule has 0 saturated heterocycles. The van der Waals surface area contributed by atoms with Crippen LogP contribution in [0.3, 0.4) is 0 Å². The molecule has 39 heavy (non-hydrogen) atoms. The Kier molecular flexibility index (Phi) is 9.81. The van der Waals surface area contributed by atoms with Crippen molar-refractivity contribution in [3.05, 3.63) is 40.4 Å². The molecule has 0 aliphatic rings. The minimum absolute atomic E-state index is 0.0679. The zero-order valence-corrected chi connectivity index (χ0v) is 19.9. The van der Waals surface area contributed by atoms with Crippen LogP contribution in [0.25, 0.3) is 6.08 Å². The number of halogens is 19. The van der Waals surface area contributed by atoms with Crippen LogP contribution in [-0.2, 0) is 0 Å². The molecule has 1 rings (SSSR count). The summed E-state index contributed by atoms with van der Waals surface area (Å²) in [6, 6.07) is 5.07. The van der Waals surface area contributed by atoms with Crippen LogP contribution in [0.5, 0.6) is 0 Å². The van der Waals surface area contributed by atoms with E-state index in [4.69, 9.17) is 0 Å². The highest BCUT2D eigenvalue weighted by Gasteiger charge is 2.83. The van der Waals surface area contributed by atoms with E-state index < -0.39 is 73.1 Å². The smallest absolute Gasteiger partial charge is 0.200 e. The Labute approximate surface area is 215 Å². The van der Waals surface area contributed by atoms with Crippen molar-refractivity contribution >= 4 is 22.0 Å². The van der Waals surface area contributed by atoms with E-state index in [0.717, 1.165) is 6.08 Å². The summed E-state index contributed by atoms with van der Waals surface area (Å²) < 4.78 is 237. The van der Waals surface area contributed by atoms with Gasteiger partial charge in [-0.05, 0) is 30.0 Å². The van der Waals surface area contributed by atoms with Gasteiger partial charge in [-0.1, -0.05) is 40.2 Å². The first-order chi connectivity index (χ1) is 17.1. The van der Waals surface area contributed by atoms with E-state index in [9.17, 15) is 79.0 Å². The summed E-state index contributed by atoms with van der Waals surface area (Å²) in [5.74, 6) is -46.3. The Morgan fingerprint density at radius 1 is 0.538 bits per heavy atom. The Balaban J connectivity index is 3.49. The lowest BCUT2D eigenvalue weighted by atomic mass is 9.84. The molecule has 0 bridgehead atoms. The van der Waals surface area contributed by atoms with Crippen molar-refractivity contribution in [2.45, 2.75) is 67.2 Å². The fraction of sp³-hybridized carbons (Fsp3) is 0.600. The third-order valence-electron chi connectivity index (χ3n) is 5.16. The molecular weight excluding hydrogens is 662 g/mol. The van der Waals surface area contributed by atoms with Gasteiger partial charge in [0.25, 0.3) is 0 Å². The van der Waals surface area contributed by atoms with Crippen molar-refractivity contribution < 1.29 is 79.0 Å². The Morgan fingerprint density at radius 2 is 0.872 bits per heavy atom. The largest absolute Gasteiger partial charge is 0.460 e. The van der Waals surface area contributed by atoms with Crippen molar-refractivity contribution in [1.82, 2.24) is 0 Å². The van der Waals surface area contributed by atoms with Gasteiger partial charge in [-0.15, -0.1) is 0 Å². The van der Waals surface area contributed by atoms with Gasteiger partial charge in [-0.25, -0.2) is 0 Å². The number of alkyl halides is 18. The molecule has 0 amide bonds. The fourth-order valence-corrected chi connectivity index (χ4v) is 3.27. The van der Waals surface area contributed by atoms with Crippen LogP contribution in [0.15, 0.2) is 34.8 Å². The number of hydrogen-bond acceptors (Lipinski definition) is 0. The van der Waals surface area contributed by atoms with E-state index >= 15 is 0 Å². The SMILES string of the molecule is FC(F)(F)C(F)(F)C(F)(F)C(F)(F)CC(CC=Cc1ccc(Br)cc1)CC(F)(F)C(F)(F)C(F)(F)C(F)(F)F. The highest BCUT2D eigenvalue weighted by molar-refractivity contribution is 9.10. The maximum Gasteiger partial charge on any atom is 0.460 e. The van der Waals surface area contributed by atoms with Crippen LogP contribution in [0, 0.1) is 5.92 Å². The predicted molar refractivity (Wildman–Crippen MR) is 102 cm³/mol. The molecule has 0 aliphatic heterocycles. The molecule has 0 aromatic heterocycles. The average Bonchev–Trinajstić information content (AvgIpc) is 2.72. The summed E-state index contributed by atoms with van der Waals surface area (Å²) in [6.07, 6.45) is -21.3. The van der Waals surface area contributed by atoms with Gasteiger partial charge < -0.3 is 0 Å². The van der Waals surface area contributed by atoms with Gasteiger partial charge in [-0.2, -0.15) is 79.0 Å². The lowest BCUT2D eigenvalue weighted by Crippen LogP contribution is -2.62. The molecule has 1 aromatic rings. The molecule has 0 spiro atoms. The number of hydrogen-bond donors (Lipinski definition) is 0. The molecular formula is C20H13BrF18. The number of benzene rings is 1. The van der Waals surface area contributed by atoms with Crippen LogP contribution in [0.2, 0.25) is 0 Å². The van der Waals surface area contributed by atoms with Gasteiger partial charge in [0.15, 0.2) is 0 Å². The Morgan fingerprint density at radius 3 is 1.18 bits per heavy atom. The summed E-state index contributed by atoms with van der Waals surface area (Å²) in [5, 5.41) is 0. The highest BCUT2D eigenvalue weighted by atomic mass is 79.9. The second-order valence-corrected chi connectivity index (χ2v) is 9.08. The van der Waals surface area contributed by atoms with Gasteiger partial charge >= 0.3 is 47.9 Å². The fourth-order valence-electron chi connectivity index (χ4n) is 3.01. The second-order valence-electron chi connectivity index (χ2n) is 8.17. The van der Waals surface area contributed by atoms with Crippen molar-refractivity contribution in [3.8, 4) is 0 Å². The lowest BCUT2D eigenvalue weighted by molar-refractivity contribution is -0.402. The van der Waals surface area contributed by atoms with Gasteiger partial charge in [0.05, 0.1) is 0 Å². The van der Waals surface area contributed by atoms with E-state index in [1.807, 2.05) is 0 Å². The molecule has 0 nitrogen and oxygen atoms in total. The van der Waals surface area contributed by atoms with Gasteiger partial charge in [0.2, 0.25) is 0 Å². The normalized spacial score (nSPS) is 15.5. The summed E-state index contributed by atoms with van der Waals surface area (Å²) >= 11 is 2.98. The van der Waals surface area contributed by atoms with Gasteiger partial charge in [-0.3, -0.25) is 0 Å². The zero-order valence-electron chi connectivity index (χ0n) is 18.3. The van der Waals surface area contributed by atoms with Crippen LogP contribution in [0.4, 0.5) is 79.0 Å². The van der Waals surface area contributed by atoms with Gasteiger partial charge in [0.1, 0.15) is 0 Å². The first-order valence-electron chi connectivity index (χ1n) is 9.87. The number of allylic oxidation sites excluding steroid dienone is 1. The van der Waals surface area contributed by atoms with Crippen LogP contribution in [0.1, 0.15) is 24.8 Å².